The zero-order valence-electron chi connectivity index (χ0n) is 14.3. The molecule has 0 saturated carbocycles. The highest BCUT2D eigenvalue weighted by Crippen LogP contribution is 2.31. The molecule has 7 heteroatoms. The number of nitrogens with zero attached hydrogens (tertiary/aromatic N) is 2. The van der Waals surface area contributed by atoms with Gasteiger partial charge in [-0.05, 0) is 18.2 Å². The van der Waals surface area contributed by atoms with Crippen LogP contribution >= 0.6 is 0 Å². The van der Waals surface area contributed by atoms with Gasteiger partial charge in [0.05, 0.1) is 14.2 Å². The van der Waals surface area contributed by atoms with Crippen LogP contribution in [-0.4, -0.2) is 42.5 Å². The smallest absolute Gasteiger partial charge is 0.311 e. The van der Waals surface area contributed by atoms with Gasteiger partial charge in [-0.3, -0.25) is 14.6 Å². The number of para-hydroxylation sites is 1. The zero-order valence-corrected chi connectivity index (χ0v) is 14.3. The molecular weight excluding hydrogens is 322 g/mol. The second-order valence-electron chi connectivity index (χ2n) is 5.31. The number of aromatic nitrogens is 1. The molecule has 0 aliphatic carbocycles. The fourth-order valence-electron chi connectivity index (χ4n) is 2.49. The van der Waals surface area contributed by atoms with Gasteiger partial charge < -0.3 is 20.1 Å². The van der Waals surface area contributed by atoms with Crippen LogP contribution in [0.3, 0.4) is 0 Å². The predicted molar refractivity (Wildman–Crippen MR) is 92.1 cm³/mol. The lowest BCUT2D eigenvalue weighted by molar-refractivity contribution is -0.144. The van der Waals surface area contributed by atoms with Crippen molar-refractivity contribution in [2.75, 3.05) is 20.8 Å². The minimum Gasteiger partial charge on any atom is -0.493 e. The maximum Gasteiger partial charge on any atom is 0.311 e. The Morgan fingerprint density at radius 2 is 1.92 bits per heavy atom. The summed E-state index contributed by atoms with van der Waals surface area (Å²) in [6, 6.07) is 10.9. The van der Waals surface area contributed by atoms with Crippen LogP contribution in [0.1, 0.15) is 11.3 Å². The number of benzene rings is 1. The van der Waals surface area contributed by atoms with Gasteiger partial charge in [-0.15, -0.1) is 0 Å². The highest BCUT2D eigenvalue weighted by atomic mass is 16.5. The predicted octanol–water partition coefficient (Wildman–Crippen LogP) is 1.16. The second kappa shape index (κ2) is 8.68. The Bertz CT molecular complexity index is 734. The van der Waals surface area contributed by atoms with Crippen molar-refractivity contribution in [1.82, 2.24) is 9.88 Å². The van der Waals surface area contributed by atoms with Crippen LogP contribution in [0.15, 0.2) is 42.6 Å². The number of rotatable bonds is 7. The molecule has 25 heavy (non-hydrogen) atoms. The van der Waals surface area contributed by atoms with Gasteiger partial charge in [0.2, 0.25) is 0 Å². The third-order valence-corrected chi connectivity index (χ3v) is 3.71. The first-order valence-electron chi connectivity index (χ1n) is 7.75. The van der Waals surface area contributed by atoms with E-state index in [-0.39, 0.29) is 6.54 Å². The topological polar surface area (TPSA) is 94.8 Å². The summed E-state index contributed by atoms with van der Waals surface area (Å²) in [7, 11) is 3.06. The van der Waals surface area contributed by atoms with Crippen molar-refractivity contribution < 1.29 is 19.1 Å². The number of amides is 2. The molecule has 0 fully saturated rings. The van der Waals surface area contributed by atoms with E-state index in [0.717, 1.165) is 11.3 Å². The third-order valence-electron chi connectivity index (χ3n) is 3.71. The molecule has 1 heterocycles. The number of ether oxygens (including phenoxy) is 2. The minimum atomic E-state index is -0.997. The van der Waals surface area contributed by atoms with Crippen LogP contribution in [0.4, 0.5) is 0 Å². The van der Waals surface area contributed by atoms with Gasteiger partial charge in [-0.2, -0.15) is 0 Å². The van der Waals surface area contributed by atoms with E-state index in [2.05, 4.69) is 4.98 Å². The van der Waals surface area contributed by atoms with E-state index in [9.17, 15) is 9.59 Å². The molecule has 2 N–H and O–H groups in total. The molecule has 2 amide bonds. The van der Waals surface area contributed by atoms with E-state index in [0.29, 0.717) is 24.5 Å². The van der Waals surface area contributed by atoms with E-state index in [1.165, 1.54) is 19.1 Å². The van der Waals surface area contributed by atoms with Gasteiger partial charge in [0.25, 0.3) is 0 Å². The molecule has 7 nitrogen and oxygen atoms in total. The van der Waals surface area contributed by atoms with Crippen molar-refractivity contribution in [2.45, 2.75) is 13.0 Å². The Labute approximate surface area is 146 Å². The Hall–Kier alpha value is -3.09. The van der Waals surface area contributed by atoms with E-state index in [1.807, 2.05) is 24.3 Å². The number of primary amides is 1. The lowest BCUT2D eigenvalue weighted by Gasteiger charge is -2.23. The van der Waals surface area contributed by atoms with Gasteiger partial charge in [-0.25, -0.2) is 0 Å². The molecular formula is C18H21N3O4. The highest BCUT2D eigenvalue weighted by molar-refractivity contribution is 6.34. The first-order valence-corrected chi connectivity index (χ1v) is 7.75. The zero-order chi connectivity index (χ0) is 18.2. The summed E-state index contributed by atoms with van der Waals surface area (Å²) >= 11 is 0. The number of carbonyl (C=O) groups excluding carboxylic acids is 2. The maximum atomic E-state index is 12.2. The third kappa shape index (κ3) is 4.69. The van der Waals surface area contributed by atoms with Crippen LogP contribution in [0.5, 0.6) is 11.5 Å². The Balaban J connectivity index is 2.22. The summed E-state index contributed by atoms with van der Waals surface area (Å²) < 4.78 is 10.6. The fourth-order valence-corrected chi connectivity index (χ4v) is 2.49. The summed E-state index contributed by atoms with van der Waals surface area (Å²) in [6.45, 7) is 0.480. The van der Waals surface area contributed by atoms with Gasteiger partial charge in [0.15, 0.2) is 11.5 Å². The molecule has 0 saturated heterocycles. The average Bonchev–Trinajstić information content (AvgIpc) is 2.64. The SMILES string of the molecule is COc1cccc(CN(CCc2ccccn2)C(=O)C(N)=O)c1OC. The minimum absolute atomic E-state index is 0.176. The number of carbonyl (C=O) groups is 2. The maximum absolute atomic E-state index is 12.2. The van der Waals surface area contributed by atoms with Crippen LogP contribution in [-0.2, 0) is 22.6 Å². The van der Waals surface area contributed by atoms with Crippen LogP contribution in [0.25, 0.3) is 0 Å². The first-order chi connectivity index (χ1) is 12.1. The van der Waals surface area contributed by atoms with E-state index >= 15 is 0 Å². The number of nitrogens with two attached hydrogens (primary N) is 1. The van der Waals surface area contributed by atoms with Crippen molar-refractivity contribution in [2.24, 2.45) is 5.73 Å². The Morgan fingerprint density at radius 3 is 2.52 bits per heavy atom. The van der Waals surface area contributed by atoms with Crippen LogP contribution < -0.4 is 15.2 Å². The van der Waals surface area contributed by atoms with Crippen molar-refractivity contribution in [3.8, 4) is 11.5 Å². The van der Waals surface area contributed by atoms with Crippen LogP contribution in [0.2, 0.25) is 0 Å². The van der Waals surface area contributed by atoms with Crippen molar-refractivity contribution in [1.29, 1.82) is 0 Å². The molecule has 2 rings (SSSR count). The summed E-state index contributed by atoms with van der Waals surface area (Å²) in [4.78, 5) is 29.2. The van der Waals surface area contributed by atoms with Crippen LogP contribution in [0, 0.1) is 0 Å². The van der Waals surface area contributed by atoms with Gasteiger partial charge >= 0.3 is 11.8 Å². The Morgan fingerprint density at radius 1 is 1.12 bits per heavy atom. The van der Waals surface area contributed by atoms with Gasteiger partial charge in [0.1, 0.15) is 0 Å². The quantitative estimate of drug-likeness (QED) is 0.761. The standard InChI is InChI=1S/C18H21N3O4/c1-24-15-8-5-6-13(16(15)25-2)12-21(18(23)17(19)22)11-9-14-7-3-4-10-20-14/h3-8,10H,9,11-12H2,1-2H3,(H2,19,22). The van der Waals surface area contributed by atoms with Gasteiger partial charge in [-0.1, -0.05) is 18.2 Å². The lowest BCUT2D eigenvalue weighted by Crippen LogP contribution is -2.41. The summed E-state index contributed by atoms with van der Waals surface area (Å²) in [5.74, 6) is -0.676. The summed E-state index contributed by atoms with van der Waals surface area (Å²) in [5.41, 5.74) is 6.73. The molecule has 0 aliphatic heterocycles. The molecule has 0 unspecified atom stereocenters. The lowest BCUT2D eigenvalue weighted by atomic mass is 10.1. The van der Waals surface area contributed by atoms with Crippen molar-refractivity contribution >= 4 is 11.8 Å². The van der Waals surface area contributed by atoms with E-state index in [4.69, 9.17) is 15.2 Å². The molecule has 0 aliphatic rings. The van der Waals surface area contributed by atoms with E-state index in [1.54, 1.807) is 18.3 Å². The number of hydrogen-bond donors (Lipinski definition) is 1. The average molecular weight is 343 g/mol. The normalized spacial score (nSPS) is 10.2. The van der Waals surface area contributed by atoms with Gasteiger partial charge in [0, 0.05) is 37.0 Å². The fraction of sp³-hybridized carbons (Fsp3) is 0.278. The van der Waals surface area contributed by atoms with Crippen molar-refractivity contribution in [3.63, 3.8) is 0 Å². The molecule has 0 bridgehead atoms. The molecule has 2 aromatic rings. The Kier molecular flexibility index (Phi) is 6.33. The molecule has 0 spiro atoms. The summed E-state index contributed by atoms with van der Waals surface area (Å²) in [5, 5.41) is 0. The molecule has 132 valence electrons. The molecule has 0 atom stereocenters. The largest absolute Gasteiger partial charge is 0.493 e. The second-order valence-corrected chi connectivity index (χ2v) is 5.31. The number of hydrogen-bond acceptors (Lipinski definition) is 5. The molecule has 1 aromatic carbocycles. The van der Waals surface area contributed by atoms with E-state index < -0.39 is 11.8 Å². The summed E-state index contributed by atoms with van der Waals surface area (Å²) in [6.07, 6.45) is 2.19. The molecule has 1 aromatic heterocycles. The van der Waals surface area contributed by atoms with Crippen molar-refractivity contribution in [3.05, 3.63) is 53.9 Å². The first kappa shape index (κ1) is 18.3. The molecule has 0 radical (unpaired) electrons. The number of methoxy groups -OCH3 is 2. The monoisotopic (exact) mass is 343 g/mol. The number of pyridine rings is 1. The highest BCUT2D eigenvalue weighted by Gasteiger charge is 2.21.